The zero-order valence-electron chi connectivity index (χ0n) is 13.1. The second-order valence-electron chi connectivity index (χ2n) is 5.88. The van der Waals surface area contributed by atoms with Gasteiger partial charge in [-0.2, -0.15) is 0 Å². The highest BCUT2D eigenvalue weighted by Gasteiger charge is 2.23. The molecule has 1 fully saturated rings. The maximum Gasteiger partial charge on any atom is 0.185 e. The van der Waals surface area contributed by atoms with Gasteiger partial charge < -0.3 is 0 Å². The average Bonchev–Trinajstić information content (AvgIpc) is 2.85. The van der Waals surface area contributed by atoms with Gasteiger partial charge in [0.15, 0.2) is 5.78 Å². The molecule has 0 bridgehead atoms. The number of allylic oxidation sites excluding steroid dienone is 2. The first kappa shape index (κ1) is 14.5. The van der Waals surface area contributed by atoms with Crippen molar-refractivity contribution in [2.24, 2.45) is 0 Å². The number of hydrogen-bond donors (Lipinski definition) is 0. The van der Waals surface area contributed by atoms with Crippen LogP contribution in [0.5, 0.6) is 0 Å². The summed E-state index contributed by atoms with van der Waals surface area (Å²) in [4.78, 5) is 12.6. The number of carbonyl (C=O) groups is 1. The van der Waals surface area contributed by atoms with Crippen LogP contribution in [0.4, 0.5) is 0 Å². The first-order chi connectivity index (χ1) is 10.6. The Morgan fingerprint density at radius 1 is 0.727 bits per heavy atom. The Morgan fingerprint density at radius 3 is 1.55 bits per heavy atom. The molecule has 0 atom stereocenters. The molecular formula is C21H20O. The van der Waals surface area contributed by atoms with Crippen LogP contribution in [-0.2, 0) is 4.79 Å². The standard InChI is InChI=1S/C21H20O/c1-15-7-3-5-9-17(15)13-19-11-12-20(21(19)22)14-18-10-6-4-8-16(18)2/h3-10,13-14H,11-12H2,1-2H3. The summed E-state index contributed by atoms with van der Waals surface area (Å²) in [6.45, 7) is 4.16. The van der Waals surface area contributed by atoms with Crippen molar-refractivity contribution in [2.45, 2.75) is 26.7 Å². The van der Waals surface area contributed by atoms with Gasteiger partial charge in [-0.3, -0.25) is 4.79 Å². The molecule has 2 aromatic carbocycles. The topological polar surface area (TPSA) is 17.1 Å². The zero-order valence-corrected chi connectivity index (χ0v) is 13.1. The van der Waals surface area contributed by atoms with E-state index in [1.165, 1.54) is 11.1 Å². The lowest BCUT2D eigenvalue weighted by Gasteiger charge is -2.02. The fraction of sp³-hybridized carbons (Fsp3) is 0.190. The number of aryl methyl sites for hydroxylation is 2. The fourth-order valence-corrected chi connectivity index (χ4v) is 2.85. The normalized spacial score (nSPS) is 18.4. The van der Waals surface area contributed by atoms with Crippen molar-refractivity contribution >= 4 is 17.9 Å². The minimum atomic E-state index is 0.200. The van der Waals surface area contributed by atoms with Crippen LogP contribution in [0.15, 0.2) is 59.7 Å². The molecule has 1 aliphatic rings. The molecule has 1 aliphatic carbocycles. The summed E-state index contributed by atoms with van der Waals surface area (Å²) in [7, 11) is 0. The summed E-state index contributed by atoms with van der Waals surface area (Å²) < 4.78 is 0. The second-order valence-corrected chi connectivity index (χ2v) is 5.88. The smallest absolute Gasteiger partial charge is 0.185 e. The van der Waals surface area contributed by atoms with Gasteiger partial charge in [-0.15, -0.1) is 0 Å². The molecule has 0 heterocycles. The third-order valence-corrected chi connectivity index (χ3v) is 4.28. The molecule has 0 saturated heterocycles. The molecule has 1 nitrogen and oxygen atoms in total. The third-order valence-electron chi connectivity index (χ3n) is 4.28. The van der Waals surface area contributed by atoms with E-state index in [2.05, 4.69) is 50.3 Å². The van der Waals surface area contributed by atoms with Crippen LogP contribution >= 0.6 is 0 Å². The molecule has 1 saturated carbocycles. The third kappa shape index (κ3) is 2.94. The Bertz CT molecular complexity index is 712. The molecule has 3 rings (SSSR count). The van der Waals surface area contributed by atoms with E-state index in [1.807, 2.05) is 24.3 Å². The maximum absolute atomic E-state index is 12.6. The molecular weight excluding hydrogens is 268 g/mol. The van der Waals surface area contributed by atoms with Crippen molar-refractivity contribution in [3.63, 3.8) is 0 Å². The molecule has 22 heavy (non-hydrogen) atoms. The highest BCUT2D eigenvalue weighted by atomic mass is 16.1. The highest BCUT2D eigenvalue weighted by Crippen LogP contribution is 2.30. The van der Waals surface area contributed by atoms with Gasteiger partial charge in [0.1, 0.15) is 0 Å². The van der Waals surface area contributed by atoms with Gasteiger partial charge in [-0.25, -0.2) is 0 Å². The van der Waals surface area contributed by atoms with E-state index in [9.17, 15) is 4.79 Å². The molecule has 2 aromatic rings. The highest BCUT2D eigenvalue weighted by molar-refractivity contribution is 6.15. The number of hydrogen-bond acceptors (Lipinski definition) is 1. The van der Waals surface area contributed by atoms with Crippen molar-refractivity contribution < 1.29 is 4.79 Å². The Morgan fingerprint density at radius 2 is 1.14 bits per heavy atom. The van der Waals surface area contributed by atoms with Crippen LogP contribution in [0.2, 0.25) is 0 Å². The average molecular weight is 288 g/mol. The zero-order chi connectivity index (χ0) is 15.5. The second kappa shape index (κ2) is 6.15. The van der Waals surface area contributed by atoms with Crippen LogP contribution < -0.4 is 0 Å². The largest absolute Gasteiger partial charge is 0.289 e. The summed E-state index contributed by atoms with van der Waals surface area (Å²) in [6.07, 6.45) is 5.78. The van der Waals surface area contributed by atoms with Gasteiger partial charge in [0.25, 0.3) is 0 Å². The predicted molar refractivity (Wildman–Crippen MR) is 92.6 cm³/mol. The molecule has 1 heteroatoms. The molecule has 110 valence electrons. The van der Waals surface area contributed by atoms with Gasteiger partial charge in [0.05, 0.1) is 0 Å². The number of ketones is 1. The Balaban J connectivity index is 1.90. The number of rotatable bonds is 2. The minimum absolute atomic E-state index is 0.200. The molecule has 0 aromatic heterocycles. The Hall–Kier alpha value is -2.41. The number of Topliss-reactive ketones (excluding diaryl/α,β-unsaturated/α-hetero) is 1. The summed E-state index contributed by atoms with van der Waals surface area (Å²) in [5, 5.41) is 0. The Labute approximate surface area is 132 Å². The van der Waals surface area contributed by atoms with Crippen LogP contribution in [-0.4, -0.2) is 5.78 Å². The quantitative estimate of drug-likeness (QED) is 0.700. The van der Waals surface area contributed by atoms with Crippen LogP contribution in [0.1, 0.15) is 35.1 Å². The van der Waals surface area contributed by atoms with E-state index < -0.39 is 0 Å². The van der Waals surface area contributed by atoms with Gasteiger partial charge in [-0.05, 0) is 61.1 Å². The van der Waals surface area contributed by atoms with E-state index in [-0.39, 0.29) is 5.78 Å². The molecule has 0 unspecified atom stereocenters. The SMILES string of the molecule is Cc1ccccc1C=C1CCC(=Cc2ccccc2C)C1=O. The van der Waals surface area contributed by atoms with Crippen molar-refractivity contribution in [1.29, 1.82) is 0 Å². The maximum atomic E-state index is 12.6. The molecule has 0 aliphatic heterocycles. The van der Waals surface area contributed by atoms with E-state index >= 15 is 0 Å². The van der Waals surface area contributed by atoms with Gasteiger partial charge >= 0.3 is 0 Å². The van der Waals surface area contributed by atoms with Crippen molar-refractivity contribution in [1.82, 2.24) is 0 Å². The molecule has 0 amide bonds. The van der Waals surface area contributed by atoms with Gasteiger partial charge in [-0.1, -0.05) is 48.5 Å². The lowest BCUT2D eigenvalue weighted by Crippen LogP contribution is -1.96. The fourth-order valence-electron chi connectivity index (χ4n) is 2.85. The van der Waals surface area contributed by atoms with E-state index in [0.717, 1.165) is 35.1 Å². The first-order valence-electron chi connectivity index (χ1n) is 7.72. The summed E-state index contributed by atoms with van der Waals surface area (Å²) in [6, 6.07) is 16.4. The van der Waals surface area contributed by atoms with Crippen LogP contribution in [0.25, 0.3) is 12.2 Å². The van der Waals surface area contributed by atoms with E-state index in [4.69, 9.17) is 0 Å². The van der Waals surface area contributed by atoms with Crippen LogP contribution in [0.3, 0.4) is 0 Å². The Kier molecular flexibility index (Phi) is 4.06. The summed E-state index contributed by atoms with van der Waals surface area (Å²) >= 11 is 0. The van der Waals surface area contributed by atoms with Gasteiger partial charge in [0, 0.05) is 11.1 Å². The van der Waals surface area contributed by atoms with Crippen molar-refractivity contribution in [3.8, 4) is 0 Å². The molecule has 0 N–H and O–H groups in total. The van der Waals surface area contributed by atoms with E-state index in [1.54, 1.807) is 0 Å². The van der Waals surface area contributed by atoms with Gasteiger partial charge in [0.2, 0.25) is 0 Å². The van der Waals surface area contributed by atoms with Crippen molar-refractivity contribution in [3.05, 3.63) is 81.9 Å². The number of benzene rings is 2. The molecule has 0 radical (unpaired) electrons. The lowest BCUT2D eigenvalue weighted by atomic mass is 10.0. The lowest BCUT2D eigenvalue weighted by molar-refractivity contribution is -0.111. The first-order valence-corrected chi connectivity index (χ1v) is 7.72. The minimum Gasteiger partial charge on any atom is -0.289 e. The molecule has 0 spiro atoms. The van der Waals surface area contributed by atoms with Crippen molar-refractivity contribution in [2.75, 3.05) is 0 Å². The number of carbonyl (C=O) groups excluding carboxylic acids is 1. The summed E-state index contributed by atoms with van der Waals surface area (Å²) in [5.41, 5.74) is 6.55. The predicted octanol–water partition coefficient (Wildman–Crippen LogP) is 5.13. The summed E-state index contributed by atoms with van der Waals surface area (Å²) in [5.74, 6) is 0.200. The van der Waals surface area contributed by atoms with Crippen LogP contribution in [0, 0.1) is 13.8 Å². The van der Waals surface area contributed by atoms with E-state index in [0.29, 0.717) is 0 Å². The monoisotopic (exact) mass is 288 g/mol.